The number of H-pyrrole nitrogens is 1. The van der Waals surface area contributed by atoms with Crippen molar-refractivity contribution in [1.82, 2.24) is 10.2 Å². The highest BCUT2D eigenvalue weighted by molar-refractivity contribution is 5.93. The van der Waals surface area contributed by atoms with Gasteiger partial charge in [0.1, 0.15) is 0 Å². The van der Waals surface area contributed by atoms with Crippen LogP contribution in [0.1, 0.15) is 23.9 Å². The Morgan fingerprint density at radius 3 is 2.14 bits per heavy atom. The van der Waals surface area contributed by atoms with E-state index in [1.807, 2.05) is 13.8 Å². The summed E-state index contributed by atoms with van der Waals surface area (Å²) >= 11 is 0. The lowest BCUT2D eigenvalue weighted by Gasteiger charge is -2.07. The van der Waals surface area contributed by atoms with Gasteiger partial charge in [0.25, 0.3) is 0 Å². The van der Waals surface area contributed by atoms with Crippen LogP contribution in [0.4, 0.5) is 11.4 Å². The summed E-state index contributed by atoms with van der Waals surface area (Å²) in [5, 5.41) is 12.4. The van der Waals surface area contributed by atoms with Crippen LogP contribution in [-0.2, 0) is 16.0 Å². The van der Waals surface area contributed by atoms with E-state index in [1.165, 1.54) is 6.92 Å². The molecular weight excluding hydrogens is 268 g/mol. The monoisotopic (exact) mass is 286 g/mol. The Morgan fingerprint density at radius 1 is 1.10 bits per heavy atom. The van der Waals surface area contributed by atoms with Gasteiger partial charge in [0.15, 0.2) is 0 Å². The Kier molecular flexibility index (Phi) is 4.37. The van der Waals surface area contributed by atoms with Gasteiger partial charge < -0.3 is 10.6 Å². The van der Waals surface area contributed by atoms with Crippen LogP contribution in [0.3, 0.4) is 0 Å². The highest BCUT2D eigenvalue weighted by Gasteiger charge is 2.11. The molecule has 3 N–H and O–H groups in total. The van der Waals surface area contributed by atoms with Gasteiger partial charge in [0, 0.05) is 29.6 Å². The fraction of sp³-hybridized carbons (Fsp3) is 0.267. The van der Waals surface area contributed by atoms with Crippen molar-refractivity contribution >= 4 is 23.2 Å². The SMILES string of the molecule is CC(=O)Nc1ccc(NC(=O)Cc2c(C)n[nH]c2C)cc1. The van der Waals surface area contributed by atoms with Gasteiger partial charge in [-0.15, -0.1) is 0 Å². The molecule has 0 saturated heterocycles. The average Bonchev–Trinajstić information content (AvgIpc) is 2.72. The Bertz CT molecular complexity index is 639. The maximum Gasteiger partial charge on any atom is 0.228 e. The number of nitrogens with zero attached hydrogens (tertiary/aromatic N) is 1. The molecule has 21 heavy (non-hydrogen) atoms. The van der Waals surface area contributed by atoms with E-state index < -0.39 is 0 Å². The smallest absolute Gasteiger partial charge is 0.228 e. The molecule has 2 aromatic rings. The summed E-state index contributed by atoms with van der Waals surface area (Å²) in [6.07, 6.45) is 0.279. The molecule has 1 heterocycles. The number of hydrogen-bond donors (Lipinski definition) is 3. The molecule has 0 spiro atoms. The third-order valence-corrected chi connectivity index (χ3v) is 3.11. The Balaban J connectivity index is 1.98. The number of aryl methyl sites for hydroxylation is 2. The number of aromatic nitrogens is 2. The van der Waals surface area contributed by atoms with Crippen LogP contribution >= 0.6 is 0 Å². The van der Waals surface area contributed by atoms with Crippen LogP contribution in [0.2, 0.25) is 0 Å². The van der Waals surface area contributed by atoms with Crippen molar-refractivity contribution in [3.63, 3.8) is 0 Å². The van der Waals surface area contributed by atoms with E-state index in [1.54, 1.807) is 24.3 Å². The van der Waals surface area contributed by atoms with Crippen LogP contribution in [-0.4, -0.2) is 22.0 Å². The highest BCUT2D eigenvalue weighted by Crippen LogP contribution is 2.15. The molecule has 6 heteroatoms. The second-order valence-electron chi connectivity index (χ2n) is 4.90. The molecule has 0 radical (unpaired) electrons. The summed E-state index contributed by atoms with van der Waals surface area (Å²) in [7, 11) is 0. The minimum Gasteiger partial charge on any atom is -0.326 e. The lowest BCUT2D eigenvalue weighted by Crippen LogP contribution is -2.15. The number of hydrogen-bond acceptors (Lipinski definition) is 3. The third-order valence-electron chi connectivity index (χ3n) is 3.11. The Labute approximate surface area is 122 Å². The van der Waals surface area contributed by atoms with E-state index in [-0.39, 0.29) is 18.2 Å². The second-order valence-corrected chi connectivity index (χ2v) is 4.90. The first kappa shape index (κ1) is 14.8. The average molecular weight is 286 g/mol. The first-order chi connectivity index (χ1) is 9.95. The largest absolute Gasteiger partial charge is 0.326 e. The van der Waals surface area contributed by atoms with Crippen LogP contribution in [0.5, 0.6) is 0 Å². The molecule has 0 atom stereocenters. The number of carbonyl (C=O) groups is 2. The fourth-order valence-corrected chi connectivity index (χ4v) is 2.04. The molecule has 2 rings (SSSR count). The standard InChI is InChI=1S/C15H18N4O2/c1-9-14(10(2)19-18-9)8-15(21)17-13-6-4-12(5-7-13)16-11(3)20/h4-7H,8H2,1-3H3,(H,16,20)(H,17,21)(H,18,19). The first-order valence-electron chi connectivity index (χ1n) is 6.63. The summed E-state index contributed by atoms with van der Waals surface area (Å²) in [5.74, 6) is -0.229. The normalized spacial score (nSPS) is 10.2. The number of anilines is 2. The van der Waals surface area contributed by atoms with Crippen molar-refractivity contribution in [2.45, 2.75) is 27.2 Å². The summed E-state index contributed by atoms with van der Waals surface area (Å²) < 4.78 is 0. The van der Waals surface area contributed by atoms with Crippen molar-refractivity contribution in [3.8, 4) is 0 Å². The maximum atomic E-state index is 12.0. The molecule has 0 bridgehead atoms. The number of benzene rings is 1. The van der Waals surface area contributed by atoms with Gasteiger partial charge >= 0.3 is 0 Å². The van der Waals surface area contributed by atoms with Crippen LogP contribution in [0.15, 0.2) is 24.3 Å². The molecule has 1 aromatic heterocycles. The zero-order valence-electron chi connectivity index (χ0n) is 12.3. The lowest BCUT2D eigenvalue weighted by atomic mass is 10.1. The summed E-state index contributed by atoms with van der Waals surface area (Å²) in [6, 6.07) is 6.98. The minimum absolute atomic E-state index is 0.102. The summed E-state index contributed by atoms with van der Waals surface area (Å²) in [4.78, 5) is 23.0. The predicted molar refractivity (Wildman–Crippen MR) is 81.1 cm³/mol. The molecule has 0 unspecified atom stereocenters. The molecule has 0 saturated carbocycles. The van der Waals surface area contributed by atoms with Gasteiger partial charge in [-0.2, -0.15) is 5.10 Å². The molecule has 1 aromatic carbocycles. The van der Waals surface area contributed by atoms with Crippen LogP contribution in [0.25, 0.3) is 0 Å². The second kappa shape index (κ2) is 6.21. The summed E-state index contributed by atoms with van der Waals surface area (Å²) in [6.45, 7) is 5.21. The van der Waals surface area contributed by atoms with Crippen molar-refractivity contribution < 1.29 is 9.59 Å². The Hall–Kier alpha value is -2.63. The fourth-order valence-electron chi connectivity index (χ4n) is 2.04. The number of aromatic amines is 1. The first-order valence-corrected chi connectivity index (χ1v) is 6.63. The van der Waals surface area contributed by atoms with Crippen LogP contribution < -0.4 is 10.6 Å². The van der Waals surface area contributed by atoms with Gasteiger partial charge in [0.2, 0.25) is 11.8 Å². The zero-order chi connectivity index (χ0) is 15.4. The number of carbonyl (C=O) groups excluding carboxylic acids is 2. The van der Waals surface area contributed by atoms with Gasteiger partial charge in [0.05, 0.1) is 12.1 Å². The molecular formula is C15H18N4O2. The minimum atomic E-state index is -0.127. The molecule has 6 nitrogen and oxygen atoms in total. The molecule has 2 amide bonds. The topological polar surface area (TPSA) is 86.9 Å². The van der Waals surface area contributed by atoms with E-state index in [2.05, 4.69) is 20.8 Å². The number of nitrogens with one attached hydrogen (secondary N) is 3. The third kappa shape index (κ3) is 3.92. The van der Waals surface area contributed by atoms with Crippen molar-refractivity contribution in [2.24, 2.45) is 0 Å². The maximum absolute atomic E-state index is 12.0. The quantitative estimate of drug-likeness (QED) is 0.805. The van der Waals surface area contributed by atoms with Crippen LogP contribution in [0, 0.1) is 13.8 Å². The molecule has 0 aliphatic rings. The predicted octanol–water partition coefficient (Wildman–Crippen LogP) is 2.17. The van der Waals surface area contributed by atoms with E-state index in [0.717, 1.165) is 17.0 Å². The molecule has 110 valence electrons. The van der Waals surface area contributed by atoms with Gasteiger partial charge in [-0.05, 0) is 38.1 Å². The van der Waals surface area contributed by atoms with Gasteiger partial charge in [-0.1, -0.05) is 0 Å². The van der Waals surface area contributed by atoms with E-state index in [0.29, 0.717) is 11.4 Å². The summed E-state index contributed by atoms with van der Waals surface area (Å²) in [5.41, 5.74) is 4.05. The molecule has 0 aliphatic carbocycles. The van der Waals surface area contributed by atoms with Crippen molar-refractivity contribution in [3.05, 3.63) is 41.2 Å². The molecule has 0 aliphatic heterocycles. The Morgan fingerprint density at radius 2 is 1.67 bits per heavy atom. The van der Waals surface area contributed by atoms with Gasteiger partial charge in [-0.3, -0.25) is 14.7 Å². The van der Waals surface area contributed by atoms with Crippen molar-refractivity contribution in [2.75, 3.05) is 10.6 Å². The number of rotatable bonds is 4. The lowest BCUT2D eigenvalue weighted by molar-refractivity contribution is -0.116. The van der Waals surface area contributed by atoms with E-state index in [4.69, 9.17) is 0 Å². The highest BCUT2D eigenvalue weighted by atomic mass is 16.2. The van der Waals surface area contributed by atoms with Gasteiger partial charge in [-0.25, -0.2) is 0 Å². The van der Waals surface area contributed by atoms with Crippen molar-refractivity contribution in [1.29, 1.82) is 0 Å². The number of amides is 2. The van der Waals surface area contributed by atoms with E-state index in [9.17, 15) is 9.59 Å². The van der Waals surface area contributed by atoms with E-state index >= 15 is 0 Å². The molecule has 0 fully saturated rings. The zero-order valence-corrected chi connectivity index (χ0v) is 12.3.